The van der Waals surface area contributed by atoms with Crippen molar-refractivity contribution in [1.29, 1.82) is 0 Å². The normalized spacial score (nSPS) is 40.7. The lowest BCUT2D eigenvalue weighted by Gasteiger charge is -2.62. The van der Waals surface area contributed by atoms with Gasteiger partial charge < -0.3 is 14.9 Å². The lowest BCUT2D eigenvalue weighted by Crippen LogP contribution is -2.69. The van der Waals surface area contributed by atoms with E-state index in [0.717, 1.165) is 12.1 Å². The second-order valence-corrected chi connectivity index (χ2v) is 12.9. The van der Waals surface area contributed by atoms with Crippen LogP contribution in [-0.2, 0) is 21.0 Å². The van der Waals surface area contributed by atoms with Crippen molar-refractivity contribution in [1.82, 2.24) is 5.06 Å². The number of Topliss-reactive ketones (excluding diaryl/α,β-unsaturated/α-hetero) is 1. The smallest absolute Gasteiger partial charge is 0.403 e. The van der Waals surface area contributed by atoms with Gasteiger partial charge in [-0.1, -0.05) is 19.1 Å². The van der Waals surface area contributed by atoms with Crippen LogP contribution in [0.15, 0.2) is 41.8 Å². The first kappa shape index (κ1) is 30.3. The number of aliphatic hydroxyl groups excluding tert-OH is 2. The quantitative estimate of drug-likeness (QED) is 0.465. The molecule has 1 aromatic rings. The highest BCUT2D eigenvalue weighted by molar-refractivity contribution is 5.94. The number of benzene rings is 1. The van der Waals surface area contributed by atoms with Crippen molar-refractivity contribution in [3.8, 4) is 5.75 Å². The highest BCUT2D eigenvalue weighted by Crippen LogP contribution is 2.72. The van der Waals surface area contributed by atoms with E-state index in [4.69, 9.17) is 4.84 Å². The molecule has 2 N–H and O–H groups in total. The summed E-state index contributed by atoms with van der Waals surface area (Å²) in [5, 5.41) is 22.9. The fraction of sp³-hybridized carbons (Fsp3) is 0.600. The standard InChI is InChI=1S/C30H31F6NO6/c1-26-6-5-17(39)9-20(26)21(31)10-19-18-8-16-13-37(12-15-3-4-23(22(32)7-15)42-30(34,35)36)43-29(16,25(41)14-38)27(18,2)11-24(40)28(19,26)33/h3-7,16,18-19,24,38,40H,8-14H2,1-2H3/t16-,18-,19-,24-,26-,27-,28-,29-/m0/s1. The van der Waals surface area contributed by atoms with E-state index in [1.54, 1.807) is 6.92 Å². The molecule has 0 amide bonds. The minimum Gasteiger partial charge on any atom is -0.403 e. The molecule has 0 bridgehead atoms. The molecule has 1 heterocycles. The number of hydrogen-bond donors (Lipinski definition) is 2. The molecule has 2 saturated carbocycles. The Morgan fingerprint density at radius 3 is 2.58 bits per heavy atom. The van der Waals surface area contributed by atoms with E-state index in [-0.39, 0.29) is 55.7 Å². The summed E-state index contributed by atoms with van der Waals surface area (Å²) in [5.74, 6) is -6.30. The molecule has 0 radical (unpaired) electrons. The third kappa shape index (κ3) is 4.10. The molecule has 43 heavy (non-hydrogen) atoms. The average molecular weight is 616 g/mol. The monoisotopic (exact) mass is 615 g/mol. The molecule has 8 atom stereocenters. The first-order chi connectivity index (χ1) is 20.0. The molecular weight excluding hydrogens is 584 g/mol. The Hall–Kier alpha value is -2.74. The van der Waals surface area contributed by atoms with E-state index >= 15 is 8.78 Å². The first-order valence-electron chi connectivity index (χ1n) is 14.1. The van der Waals surface area contributed by atoms with E-state index < -0.39 is 82.1 Å². The number of halogens is 6. The molecule has 6 rings (SSSR count). The van der Waals surface area contributed by atoms with Gasteiger partial charge in [0, 0.05) is 48.6 Å². The van der Waals surface area contributed by atoms with E-state index in [9.17, 15) is 37.4 Å². The van der Waals surface area contributed by atoms with Crippen molar-refractivity contribution < 1.29 is 55.7 Å². The fourth-order valence-corrected chi connectivity index (χ4v) is 9.06. The van der Waals surface area contributed by atoms with Gasteiger partial charge in [-0.05, 0) is 55.0 Å². The number of ether oxygens (including phenoxy) is 1. The van der Waals surface area contributed by atoms with Crippen LogP contribution in [0.1, 0.15) is 45.1 Å². The van der Waals surface area contributed by atoms with Crippen LogP contribution in [0.3, 0.4) is 0 Å². The molecule has 13 heteroatoms. The van der Waals surface area contributed by atoms with Gasteiger partial charge >= 0.3 is 6.36 Å². The van der Waals surface area contributed by atoms with Crippen molar-refractivity contribution in [3.05, 3.63) is 53.1 Å². The van der Waals surface area contributed by atoms with Crippen molar-refractivity contribution in [2.45, 2.75) is 69.8 Å². The summed E-state index contributed by atoms with van der Waals surface area (Å²) in [6.45, 7) is 2.15. The molecule has 7 nitrogen and oxygen atoms in total. The van der Waals surface area contributed by atoms with Crippen molar-refractivity contribution >= 4 is 11.6 Å². The topological polar surface area (TPSA) is 96.3 Å². The van der Waals surface area contributed by atoms with Gasteiger partial charge in [0.05, 0.1) is 6.10 Å². The molecule has 234 valence electrons. The van der Waals surface area contributed by atoms with Crippen LogP contribution in [0.4, 0.5) is 26.3 Å². The van der Waals surface area contributed by atoms with Crippen LogP contribution >= 0.6 is 0 Å². The number of hydrogen-bond acceptors (Lipinski definition) is 7. The Labute approximate surface area is 243 Å². The third-order valence-electron chi connectivity index (χ3n) is 10.8. The van der Waals surface area contributed by atoms with E-state index in [1.807, 2.05) is 0 Å². The third-order valence-corrected chi connectivity index (χ3v) is 10.8. The molecule has 4 aliphatic carbocycles. The summed E-state index contributed by atoms with van der Waals surface area (Å²) in [6.07, 6.45) is -4.94. The van der Waals surface area contributed by atoms with Gasteiger partial charge in [0.1, 0.15) is 12.4 Å². The lowest BCUT2D eigenvalue weighted by molar-refractivity contribution is -0.275. The molecule has 0 unspecified atom stereocenters. The number of allylic oxidation sites excluding steroid dienone is 4. The number of aliphatic hydroxyl groups is 2. The second-order valence-electron chi connectivity index (χ2n) is 12.9. The Bertz CT molecular complexity index is 1450. The number of alkyl halides is 4. The molecule has 0 spiro atoms. The summed E-state index contributed by atoms with van der Waals surface area (Å²) in [6, 6.07) is 2.89. The zero-order chi connectivity index (χ0) is 31.3. The predicted molar refractivity (Wildman–Crippen MR) is 137 cm³/mol. The van der Waals surface area contributed by atoms with E-state index in [0.29, 0.717) is 0 Å². The number of rotatable bonds is 5. The van der Waals surface area contributed by atoms with Gasteiger partial charge in [-0.25, -0.2) is 13.2 Å². The summed E-state index contributed by atoms with van der Waals surface area (Å²) in [7, 11) is 0. The van der Waals surface area contributed by atoms with Gasteiger partial charge in [-0.2, -0.15) is 5.06 Å². The minimum atomic E-state index is -5.08. The van der Waals surface area contributed by atoms with E-state index in [2.05, 4.69) is 4.74 Å². The van der Waals surface area contributed by atoms with Crippen LogP contribution in [0.2, 0.25) is 0 Å². The molecular formula is C30H31F6NO6. The predicted octanol–water partition coefficient (Wildman–Crippen LogP) is 4.67. The maximum atomic E-state index is 17.4. The SMILES string of the molecule is C[C@]12C=CC(=O)CC1=C(F)C[C@H]1[C@@H]3C[C@H]4CN(Cc5ccc(OC(F)(F)F)c(F)c5)O[C@@]4(C(=O)CO)[C@@]3(C)C[C@H](O)[C@@]12F. The van der Waals surface area contributed by atoms with Crippen LogP contribution in [0.5, 0.6) is 5.75 Å². The highest BCUT2D eigenvalue weighted by Gasteiger charge is 2.79. The Kier molecular flexibility index (Phi) is 6.78. The van der Waals surface area contributed by atoms with E-state index in [1.165, 1.54) is 30.2 Å². The fourth-order valence-electron chi connectivity index (χ4n) is 9.06. The highest BCUT2D eigenvalue weighted by atomic mass is 19.4. The number of carbonyl (C=O) groups is 2. The van der Waals surface area contributed by atoms with Crippen molar-refractivity contribution in [2.75, 3.05) is 13.2 Å². The first-order valence-corrected chi connectivity index (χ1v) is 14.1. The van der Waals surface area contributed by atoms with Gasteiger partial charge in [0.15, 0.2) is 34.4 Å². The molecule has 0 aromatic heterocycles. The minimum absolute atomic E-state index is 0.0158. The number of fused-ring (bicyclic) bond motifs is 7. The average Bonchev–Trinajstić information content (AvgIpc) is 3.39. The number of hydroxylamine groups is 2. The second kappa shape index (κ2) is 9.63. The summed E-state index contributed by atoms with van der Waals surface area (Å²) >= 11 is 0. The Morgan fingerprint density at radius 2 is 1.93 bits per heavy atom. The molecule has 5 aliphatic rings. The number of ketones is 2. The summed E-state index contributed by atoms with van der Waals surface area (Å²) in [4.78, 5) is 31.9. The maximum Gasteiger partial charge on any atom is 0.573 e. The van der Waals surface area contributed by atoms with Crippen LogP contribution < -0.4 is 4.74 Å². The van der Waals surface area contributed by atoms with Crippen molar-refractivity contribution in [3.63, 3.8) is 0 Å². The molecule has 1 aliphatic heterocycles. The zero-order valence-corrected chi connectivity index (χ0v) is 23.4. The zero-order valence-electron chi connectivity index (χ0n) is 23.4. The van der Waals surface area contributed by atoms with Crippen LogP contribution in [0, 0.1) is 34.4 Å². The van der Waals surface area contributed by atoms with Crippen LogP contribution in [-0.4, -0.2) is 63.7 Å². The van der Waals surface area contributed by atoms with Crippen LogP contribution in [0.25, 0.3) is 0 Å². The summed E-state index contributed by atoms with van der Waals surface area (Å²) in [5.41, 5.74) is -6.69. The van der Waals surface area contributed by atoms with Crippen molar-refractivity contribution in [2.24, 2.45) is 28.6 Å². The molecule has 1 aromatic carbocycles. The van der Waals surface area contributed by atoms with Gasteiger partial charge in [-0.15, -0.1) is 13.2 Å². The Balaban J connectivity index is 1.33. The molecule has 1 saturated heterocycles. The van der Waals surface area contributed by atoms with Gasteiger partial charge in [0.25, 0.3) is 0 Å². The number of carbonyl (C=O) groups excluding carboxylic acids is 2. The molecule has 3 fully saturated rings. The Morgan fingerprint density at radius 1 is 1.21 bits per heavy atom. The number of nitrogens with zero attached hydrogens (tertiary/aromatic N) is 1. The largest absolute Gasteiger partial charge is 0.573 e. The lowest BCUT2D eigenvalue weighted by atomic mass is 9.45. The maximum absolute atomic E-state index is 17.4. The van der Waals surface area contributed by atoms with Gasteiger partial charge in [-0.3, -0.25) is 14.4 Å². The van der Waals surface area contributed by atoms with Gasteiger partial charge in [0.2, 0.25) is 0 Å². The summed E-state index contributed by atoms with van der Waals surface area (Å²) < 4.78 is 88.8.